The van der Waals surface area contributed by atoms with Gasteiger partial charge in [0.15, 0.2) is 0 Å². The van der Waals surface area contributed by atoms with E-state index in [1.807, 2.05) is 37.3 Å². The first-order valence-corrected chi connectivity index (χ1v) is 5.37. The highest BCUT2D eigenvalue weighted by atomic mass is 35.5. The number of aryl methyl sites for hydroxylation is 1. The smallest absolute Gasteiger partial charge is 0.221 e. The molecule has 0 atom stereocenters. The molecule has 2 N–H and O–H groups in total. The maximum Gasteiger partial charge on any atom is 0.221 e. The van der Waals surface area contributed by atoms with Gasteiger partial charge in [-0.05, 0) is 12.5 Å². The lowest BCUT2D eigenvalue weighted by atomic mass is 10.1. The maximum atomic E-state index is 6.05. The molecule has 1 aromatic heterocycles. The normalized spacial score (nSPS) is 10.4. The second-order valence-corrected chi connectivity index (χ2v) is 3.96. The monoisotopic (exact) mass is 233 g/mol. The number of nitrogens with two attached hydrogens (primary N) is 1. The van der Waals surface area contributed by atoms with Crippen LogP contribution in [0.2, 0.25) is 5.15 Å². The van der Waals surface area contributed by atoms with Crippen molar-refractivity contribution in [2.24, 2.45) is 0 Å². The van der Waals surface area contributed by atoms with Crippen LogP contribution in [0.5, 0.6) is 0 Å². The molecule has 0 saturated carbocycles. The molecule has 0 bridgehead atoms. The number of hydrogen-bond acceptors (Lipinski definition) is 3. The Balaban J connectivity index is 2.35. The lowest BCUT2D eigenvalue weighted by molar-refractivity contribution is 1.03. The van der Waals surface area contributed by atoms with Crippen molar-refractivity contribution in [1.82, 2.24) is 9.97 Å². The molecule has 0 radical (unpaired) electrons. The van der Waals surface area contributed by atoms with Crippen LogP contribution < -0.4 is 5.73 Å². The molecule has 0 unspecified atom stereocenters. The highest BCUT2D eigenvalue weighted by Gasteiger charge is 2.09. The van der Waals surface area contributed by atoms with Crippen LogP contribution >= 0.6 is 11.6 Å². The molecule has 3 nitrogen and oxygen atoms in total. The predicted octanol–water partition coefficient (Wildman–Crippen LogP) is 2.61. The van der Waals surface area contributed by atoms with E-state index in [9.17, 15) is 0 Å². The second-order valence-electron chi connectivity index (χ2n) is 3.60. The van der Waals surface area contributed by atoms with E-state index in [0.29, 0.717) is 5.15 Å². The van der Waals surface area contributed by atoms with Gasteiger partial charge in [-0.1, -0.05) is 41.9 Å². The number of benzene rings is 1. The first-order valence-electron chi connectivity index (χ1n) is 4.99. The van der Waals surface area contributed by atoms with E-state index in [4.69, 9.17) is 17.3 Å². The Hall–Kier alpha value is -1.61. The number of nitrogens with zero attached hydrogens (tertiary/aromatic N) is 2. The van der Waals surface area contributed by atoms with E-state index >= 15 is 0 Å². The SMILES string of the molecule is Cc1nc(N)nc(Cl)c1Cc1ccccc1. The molecular formula is C12H12ClN3. The minimum absolute atomic E-state index is 0.222. The largest absolute Gasteiger partial charge is 0.368 e. The Bertz CT molecular complexity index is 474. The summed E-state index contributed by atoms with van der Waals surface area (Å²) in [4.78, 5) is 8.08. The Labute approximate surface area is 99.3 Å². The zero-order chi connectivity index (χ0) is 11.5. The van der Waals surface area contributed by atoms with Crippen molar-refractivity contribution < 1.29 is 0 Å². The average molecular weight is 234 g/mol. The molecule has 1 heterocycles. The molecule has 0 saturated heterocycles. The molecule has 4 heteroatoms. The summed E-state index contributed by atoms with van der Waals surface area (Å²) in [6, 6.07) is 10.1. The quantitative estimate of drug-likeness (QED) is 0.812. The van der Waals surface area contributed by atoms with Gasteiger partial charge in [0.1, 0.15) is 5.15 Å². The van der Waals surface area contributed by atoms with Crippen molar-refractivity contribution in [2.45, 2.75) is 13.3 Å². The Morgan fingerprint density at radius 2 is 1.88 bits per heavy atom. The Kier molecular flexibility index (Phi) is 3.06. The minimum Gasteiger partial charge on any atom is -0.368 e. The second kappa shape index (κ2) is 4.49. The molecule has 2 rings (SSSR count). The van der Waals surface area contributed by atoms with Gasteiger partial charge in [0.25, 0.3) is 0 Å². The summed E-state index contributed by atoms with van der Waals surface area (Å²) in [6.07, 6.45) is 0.728. The van der Waals surface area contributed by atoms with E-state index in [1.165, 1.54) is 5.56 Å². The summed E-state index contributed by atoms with van der Waals surface area (Å²) < 4.78 is 0. The Morgan fingerprint density at radius 3 is 2.50 bits per heavy atom. The summed E-state index contributed by atoms with van der Waals surface area (Å²) in [6.45, 7) is 1.89. The van der Waals surface area contributed by atoms with Gasteiger partial charge in [0.05, 0.1) is 0 Å². The topological polar surface area (TPSA) is 51.8 Å². The summed E-state index contributed by atoms with van der Waals surface area (Å²) in [5.74, 6) is 0.222. The van der Waals surface area contributed by atoms with Crippen molar-refractivity contribution in [1.29, 1.82) is 0 Å². The number of rotatable bonds is 2. The predicted molar refractivity (Wildman–Crippen MR) is 65.4 cm³/mol. The van der Waals surface area contributed by atoms with E-state index in [1.54, 1.807) is 0 Å². The molecule has 2 aromatic rings. The van der Waals surface area contributed by atoms with Crippen molar-refractivity contribution >= 4 is 17.5 Å². The molecule has 0 fully saturated rings. The molecule has 16 heavy (non-hydrogen) atoms. The third-order valence-electron chi connectivity index (χ3n) is 2.40. The van der Waals surface area contributed by atoms with Crippen LogP contribution in [-0.2, 0) is 6.42 Å². The summed E-state index contributed by atoms with van der Waals surface area (Å²) in [5.41, 5.74) is 8.46. The summed E-state index contributed by atoms with van der Waals surface area (Å²) in [7, 11) is 0. The fraction of sp³-hybridized carbons (Fsp3) is 0.167. The van der Waals surface area contributed by atoms with Crippen molar-refractivity contribution in [3.05, 3.63) is 52.3 Å². The highest BCUT2D eigenvalue weighted by Crippen LogP contribution is 2.20. The van der Waals surface area contributed by atoms with Gasteiger partial charge in [-0.2, -0.15) is 0 Å². The first-order chi connectivity index (χ1) is 7.66. The molecule has 0 spiro atoms. The van der Waals surface area contributed by atoms with Gasteiger partial charge in [-0.3, -0.25) is 0 Å². The van der Waals surface area contributed by atoms with E-state index in [-0.39, 0.29) is 5.95 Å². The van der Waals surface area contributed by atoms with E-state index in [0.717, 1.165) is 17.7 Å². The molecule has 0 aliphatic carbocycles. The molecule has 0 amide bonds. The van der Waals surface area contributed by atoms with Crippen LogP contribution in [0.15, 0.2) is 30.3 Å². The summed E-state index contributed by atoms with van der Waals surface area (Å²) >= 11 is 6.05. The summed E-state index contributed by atoms with van der Waals surface area (Å²) in [5, 5.41) is 0.439. The fourth-order valence-corrected chi connectivity index (χ4v) is 1.87. The number of halogens is 1. The fourth-order valence-electron chi connectivity index (χ4n) is 1.58. The van der Waals surface area contributed by atoms with Gasteiger partial charge in [0, 0.05) is 17.7 Å². The van der Waals surface area contributed by atoms with Crippen LogP contribution in [0.4, 0.5) is 5.95 Å². The molecule has 0 aliphatic heterocycles. The Morgan fingerprint density at radius 1 is 1.19 bits per heavy atom. The van der Waals surface area contributed by atoms with Crippen LogP contribution in [0, 0.1) is 6.92 Å². The zero-order valence-corrected chi connectivity index (χ0v) is 9.70. The van der Waals surface area contributed by atoms with Crippen LogP contribution in [0.1, 0.15) is 16.8 Å². The van der Waals surface area contributed by atoms with Crippen LogP contribution in [0.3, 0.4) is 0 Å². The third-order valence-corrected chi connectivity index (χ3v) is 2.72. The van der Waals surface area contributed by atoms with Gasteiger partial charge in [-0.25, -0.2) is 9.97 Å². The van der Waals surface area contributed by atoms with E-state index < -0.39 is 0 Å². The van der Waals surface area contributed by atoms with Gasteiger partial charge >= 0.3 is 0 Å². The van der Waals surface area contributed by atoms with Crippen LogP contribution in [-0.4, -0.2) is 9.97 Å². The molecule has 0 aliphatic rings. The van der Waals surface area contributed by atoms with Gasteiger partial charge in [-0.15, -0.1) is 0 Å². The minimum atomic E-state index is 0.222. The van der Waals surface area contributed by atoms with E-state index in [2.05, 4.69) is 9.97 Å². The molecule has 1 aromatic carbocycles. The maximum absolute atomic E-state index is 6.05. The number of hydrogen-bond donors (Lipinski definition) is 1. The standard InChI is InChI=1S/C12H12ClN3/c1-8-10(11(13)16-12(14)15-8)7-9-5-3-2-4-6-9/h2-6H,7H2,1H3,(H2,14,15,16). The lowest BCUT2D eigenvalue weighted by Crippen LogP contribution is -2.03. The molecule has 82 valence electrons. The van der Waals surface area contributed by atoms with Crippen LogP contribution in [0.25, 0.3) is 0 Å². The van der Waals surface area contributed by atoms with Crippen molar-refractivity contribution in [3.8, 4) is 0 Å². The average Bonchev–Trinajstić information content (AvgIpc) is 2.25. The molecular weight excluding hydrogens is 222 g/mol. The van der Waals surface area contributed by atoms with Gasteiger partial charge in [0.2, 0.25) is 5.95 Å². The number of aromatic nitrogens is 2. The van der Waals surface area contributed by atoms with Crippen molar-refractivity contribution in [2.75, 3.05) is 5.73 Å². The third kappa shape index (κ3) is 2.31. The van der Waals surface area contributed by atoms with Gasteiger partial charge < -0.3 is 5.73 Å². The van der Waals surface area contributed by atoms with Crippen molar-refractivity contribution in [3.63, 3.8) is 0 Å². The highest BCUT2D eigenvalue weighted by molar-refractivity contribution is 6.30. The number of anilines is 1. The lowest BCUT2D eigenvalue weighted by Gasteiger charge is -2.07. The number of nitrogen functional groups attached to an aromatic ring is 1. The first kappa shape index (κ1) is 10.9. The zero-order valence-electron chi connectivity index (χ0n) is 8.94.